The molecular weight excluding hydrogens is 320 g/mol. The van der Waals surface area contributed by atoms with E-state index in [1.54, 1.807) is 0 Å². The lowest BCUT2D eigenvalue weighted by molar-refractivity contribution is -0.132. The molecule has 0 saturated carbocycles. The highest BCUT2D eigenvalue weighted by Gasteiger charge is 2.33. The minimum atomic E-state index is -3.64. The molecule has 0 N–H and O–H groups in total. The van der Waals surface area contributed by atoms with Crippen LogP contribution in [0.4, 0.5) is 0 Å². The predicted molar refractivity (Wildman–Crippen MR) is 79.9 cm³/mol. The van der Waals surface area contributed by atoms with Gasteiger partial charge >= 0.3 is 11.9 Å². The first kappa shape index (κ1) is 15.2. The van der Waals surface area contributed by atoms with E-state index in [2.05, 4.69) is 0 Å². The van der Waals surface area contributed by atoms with Gasteiger partial charge in [0, 0.05) is 25.0 Å². The van der Waals surface area contributed by atoms with Crippen molar-refractivity contribution < 1.29 is 27.5 Å². The summed E-state index contributed by atoms with van der Waals surface area (Å²) >= 11 is 0. The summed E-state index contributed by atoms with van der Waals surface area (Å²) in [4.78, 5) is 22.4. The molecule has 0 saturated heterocycles. The second-order valence-electron chi connectivity index (χ2n) is 5.01. The summed E-state index contributed by atoms with van der Waals surface area (Å²) in [7, 11) is -3.64. The van der Waals surface area contributed by atoms with Crippen LogP contribution in [0.3, 0.4) is 0 Å². The number of hydrogen-bond acceptors (Lipinski definition) is 6. The fraction of sp³-hybridized carbons (Fsp3) is 0.125. The van der Waals surface area contributed by atoms with Crippen molar-refractivity contribution in [3.8, 4) is 22.6 Å². The summed E-state index contributed by atoms with van der Waals surface area (Å²) in [6, 6.07) is 8.62. The van der Waals surface area contributed by atoms with Crippen LogP contribution in [0, 0.1) is 0 Å². The maximum atomic E-state index is 12.5. The number of fused-ring (bicyclic) bond motifs is 3. The highest BCUT2D eigenvalue weighted by Crippen LogP contribution is 2.45. The molecule has 118 valence electrons. The van der Waals surface area contributed by atoms with Crippen LogP contribution in [0.15, 0.2) is 46.2 Å². The molecule has 0 fully saturated rings. The number of carbonyl (C=O) groups is 2. The summed E-state index contributed by atoms with van der Waals surface area (Å²) < 4.78 is 35.1. The number of sulfone groups is 1. The predicted octanol–water partition coefficient (Wildman–Crippen LogP) is 2.35. The van der Waals surface area contributed by atoms with Crippen molar-refractivity contribution in [1.82, 2.24) is 0 Å². The van der Waals surface area contributed by atoms with Gasteiger partial charge in [0.15, 0.2) is 0 Å². The van der Waals surface area contributed by atoms with E-state index < -0.39 is 21.8 Å². The summed E-state index contributed by atoms with van der Waals surface area (Å²) in [5.74, 6) is -0.506. The van der Waals surface area contributed by atoms with Crippen LogP contribution in [0.5, 0.6) is 11.5 Å². The zero-order valence-electron chi connectivity index (χ0n) is 12.3. The maximum Gasteiger partial charge on any atom is 0.308 e. The van der Waals surface area contributed by atoms with Crippen LogP contribution >= 0.6 is 0 Å². The first-order chi connectivity index (χ1) is 10.8. The molecular formula is C16H12O6S. The Bertz CT molecular complexity index is 872. The van der Waals surface area contributed by atoms with Crippen molar-refractivity contribution in [3.05, 3.63) is 36.4 Å². The second-order valence-corrected chi connectivity index (χ2v) is 6.89. The molecule has 6 nitrogen and oxygen atoms in total. The van der Waals surface area contributed by atoms with Crippen molar-refractivity contribution in [1.29, 1.82) is 0 Å². The Morgan fingerprint density at radius 1 is 0.783 bits per heavy atom. The average molecular weight is 332 g/mol. The van der Waals surface area contributed by atoms with Crippen LogP contribution in [0.2, 0.25) is 0 Å². The monoisotopic (exact) mass is 332 g/mol. The quantitative estimate of drug-likeness (QED) is 0.529. The molecule has 0 amide bonds. The molecule has 3 rings (SSSR count). The van der Waals surface area contributed by atoms with Crippen molar-refractivity contribution in [2.75, 3.05) is 0 Å². The average Bonchev–Trinajstić information content (AvgIpc) is 2.66. The molecule has 0 radical (unpaired) electrons. The highest BCUT2D eigenvalue weighted by molar-refractivity contribution is 7.92. The van der Waals surface area contributed by atoms with Gasteiger partial charge in [0.2, 0.25) is 9.84 Å². The smallest absolute Gasteiger partial charge is 0.308 e. The summed E-state index contributed by atoms with van der Waals surface area (Å²) in [6.45, 7) is 2.52. The van der Waals surface area contributed by atoms with Crippen LogP contribution in [-0.2, 0) is 19.4 Å². The highest BCUT2D eigenvalue weighted by atomic mass is 32.2. The van der Waals surface area contributed by atoms with Crippen molar-refractivity contribution in [3.63, 3.8) is 0 Å². The largest absolute Gasteiger partial charge is 0.427 e. The lowest BCUT2D eigenvalue weighted by Gasteiger charge is -2.05. The zero-order chi connectivity index (χ0) is 16.8. The number of ether oxygens (including phenoxy) is 2. The van der Waals surface area contributed by atoms with Gasteiger partial charge in [0.25, 0.3) is 0 Å². The zero-order valence-corrected chi connectivity index (χ0v) is 13.1. The van der Waals surface area contributed by atoms with Crippen molar-refractivity contribution >= 4 is 21.8 Å². The Hall–Kier alpha value is -2.67. The van der Waals surface area contributed by atoms with E-state index in [4.69, 9.17) is 9.47 Å². The van der Waals surface area contributed by atoms with Gasteiger partial charge in [-0.25, -0.2) is 8.42 Å². The molecule has 1 aliphatic rings. The molecule has 2 aromatic carbocycles. The SMILES string of the molecule is CC(=O)Oc1ccc2c(c1)-c1cc(OC(C)=O)ccc1S2(=O)=O. The van der Waals surface area contributed by atoms with Crippen LogP contribution in [-0.4, -0.2) is 20.4 Å². The van der Waals surface area contributed by atoms with Gasteiger partial charge in [-0.15, -0.1) is 0 Å². The van der Waals surface area contributed by atoms with Crippen LogP contribution in [0.25, 0.3) is 11.1 Å². The Labute approximate surface area is 132 Å². The Kier molecular flexibility index (Phi) is 3.45. The third kappa shape index (κ3) is 2.59. The van der Waals surface area contributed by atoms with Gasteiger partial charge in [-0.3, -0.25) is 9.59 Å². The molecule has 7 heteroatoms. The molecule has 0 aliphatic carbocycles. The van der Waals surface area contributed by atoms with Crippen molar-refractivity contribution in [2.45, 2.75) is 23.6 Å². The minimum absolute atomic E-state index is 0.128. The van der Waals surface area contributed by atoms with Gasteiger partial charge < -0.3 is 9.47 Å². The van der Waals surface area contributed by atoms with E-state index in [0.29, 0.717) is 11.1 Å². The van der Waals surface area contributed by atoms with Crippen molar-refractivity contribution in [2.24, 2.45) is 0 Å². The van der Waals surface area contributed by atoms with E-state index in [9.17, 15) is 18.0 Å². The molecule has 0 unspecified atom stereocenters. The fourth-order valence-electron chi connectivity index (χ4n) is 2.49. The first-order valence-electron chi connectivity index (χ1n) is 6.69. The van der Waals surface area contributed by atoms with E-state index in [1.165, 1.54) is 50.2 Å². The molecule has 23 heavy (non-hydrogen) atoms. The Balaban J connectivity index is 2.19. The molecule has 1 heterocycles. The van der Waals surface area contributed by atoms with Gasteiger partial charge in [0.05, 0.1) is 9.79 Å². The topological polar surface area (TPSA) is 86.7 Å². The first-order valence-corrected chi connectivity index (χ1v) is 8.18. The van der Waals surface area contributed by atoms with Gasteiger partial charge in [-0.2, -0.15) is 0 Å². The number of rotatable bonds is 2. The fourth-order valence-corrected chi connectivity index (χ4v) is 4.13. The normalized spacial score (nSPS) is 13.8. The summed E-state index contributed by atoms with van der Waals surface area (Å²) in [6.07, 6.45) is 0. The Morgan fingerprint density at radius 2 is 1.17 bits per heavy atom. The maximum absolute atomic E-state index is 12.5. The standard InChI is InChI=1S/C16H12O6S/c1-9(17)21-11-3-5-15-13(7-11)14-8-12(22-10(2)18)4-6-16(14)23(15,19)20/h3-8H,1-2H3. The van der Waals surface area contributed by atoms with Crippen LogP contribution < -0.4 is 9.47 Å². The molecule has 0 atom stereocenters. The second kappa shape index (κ2) is 5.20. The molecule has 2 aromatic rings. The van der Waals surface area contributed by atoms with E-state index >= 15 is 0 Å². The summed E-state index contributed by atoms with van der Waals surface area (Å²) in [5, 5.41) is 0. The minimum Gasteiger partial charge on any atom is -0.427 e. The molecule has 1 aliphatic heterocycles. The van der Waals surface area contributed by atoms with E-state index in [0.717, 1.165) is 0 Å². The van der Waals surface area contributed by atoms with Gasteiger partial charge in [0.1, 0.15) is 11.5 Å². The third-order valence-electron chi connectivity index (χ3n) is 3.29. The number of benzene rings is 2. The van der Waals surface area contributed by atoms with Crippen LogP contribution in [0.1, 0.15) is 13.8 Å². The molecule has 0 spiro atoms. The third-order valence-corrected chi connectivity index (χ3v) is 5.16. The number of hydrogen-bond donors (Lipinski definition) is 0. The van der Waals surface area contributed by atoms with E-state index in [1.807, 2.05) is 0 Å². The summed E-state index contributed by atoms with van der Waals surface area (Å²) in [5.41, 5.74) is 0.820. The number of carbonyl (C=O) groups excluding carboxylic acids is 2. The number of esters is 2. The molecule has 0 bridgehead atoms. The van der Waals surface area contributed by atoms with Gasteiger partial charge in [-0.1, -0.05) is 0 Å². The van der Waals surface area contributed by atoms with Gasteiger partial charge in [-0.05, 0) is 36.4 Å². The Morgan fingerprint density at radius 3 is 1.52 bits per heavy atom. The lowest BCUT2D eigenvalue weighted by atomic mass is 10.1. The van der Waals surface area contributed by atoms with E-state index in [-0.39, 0.29) is 21.3 Å². The lowest BCUT2D eigenvalue weighted by Crippen LogP contribution is -2.02. The molecule has 0 aromatic heterocycles.